The molecule has 2 atom stereocenters. The first-order valence-corrected chi connectivity index (χ1v) is 4.78. The number of rotatable bonds is 1. The highest BCUT2D eigenvalue weighted by atomic mass is 19.4. The minimum absolute atomic E-state index is 0.393. The van der Waals surface area contributed by atoms with Crippen LogP contribution in [0.1, 0.15) is 17.9 Å². The molecule has 1 heterocycles. The molecule has 2 unspecified atom stereocenters. The van der Waals surface area contributed by atoms with Crippen LogP contribution >= 0.6 is 0 Å². The van der Waals surface area contributed by atoms with Crippen LogP contribution in [0, 0.1) is 0 Å². The van der Waals surface area contributed by atoms with Crippen LogP contribution in [0.15, 0.2) is 24.5 Å². The van der Waals surface area contributed by atoms with Gasteiger partial charge in [0.1, 0.15) is 0 Å². The molecule has 17 heavy (non-hydrogen) atoms. The van der Waals surface area contributed by atoms with Crippen LogP contribution in [0.5, 0.6) is 0 Å². The molecule has 4 nitrogen and oxygen atoms in total. The Bertz CT molecular complexity index is 381. The number of aromatic nitrogens is 1. The first-order chi connectivity index (χ1) is 7.82. The molecule has 1 aromatic heterocycles. The summed E-state index contributed by atoms with van der Waals surface area (Å²) in [6.07, 6.45) is -0.263. The Labute approximate surface area is 95.3 Å². The molecule has 1 aliphatic rings. The number of carboxylic acid groups (broad SMARTS) is 1. The Kier molecular flexibility index (Phi) is 4.06. The number of hydrogen-bond acceptors (Lipinski definition) is 3. The Morgan fingerprint density at radius 1 is 1.53 bits per heavy atom. The Morgan fingerprint density at radius 2 is 2.06 bits per heavy atom. The standard InChI is InChI=1S/C8H10N2.C2HF3O2/c9-8-4-7(8)6-2-1-3-10-5-6;3-2(4,5)1(6)7/h1-3,5,7-8H,4,9H2;(H,6,7). The highest BCUT2D eigenvalue weighted by Crippen LogP contribution is 2.38. The van der Waals surface area contributed by atoms with Gasteiger partial charge in [0.25, 0.3) is 0 Å². The third-order valence-corrected chi connectivity index (χ3v) is 2.19. The van der Waals surface area contributed by atoms with Gasteiger partial charge in [0.15, 0.2) is 0 Å². The summed E-state index contributed by atoms with van der Waals surface area (Å²) >= 11 is 0. The van der Waals surface area contributed by atoms with Crippen LogP contribution in [0.4, 0.5) is 13.2 Å². The topological polar surface area (TPSA) is 76.2 Å². The van der Waals surface area contributed by atoms with Gasteiger partial charge in [-0.2, -0.15) is 13.2 Å². The molecule has 2 rings (SSSR count). The number of carbonyl (C=O) groups is 1. The molecule has 0 radical (unpaired) electrons. The number of halogens is 3. The van der Waals surface area contributed by atoms with E-state index in [1.807, 2.05) is 12.3 Å². The fraction of sp³-hybridized carbons (Fsp3) is 0.400. The number of alkyl halides is 3. The van der Waals surface area contributed by atoms with Crippen LogP contribution in [-0.2, 0) is 4.79 Å². The Balaban J connectivity index is 0.000000185. The van der Waals surface area contributed by atoms with Gasteiger partial charge in [-0.15, -0.1) is 0 Å². The first-order valence-electron chi connectivity index (χ1n) is 4.78. The summed E-state index contributed by atoms with van der Waals surface area (Å²) in [6.45, 7) is 0. The number of nitrogens with zero attached hydrogens (tertiary/aromatic N) is 1. The lowest BCUT2D eigenvalue weighted by Gasteiger charge is -1.93. The average molecular weight is 248 g/mol. The zero-order valence-electron chi connectivity index (χ0n) is 8.69. The number of carboxylic acids is 1. The van der Waals surface area contributed by atoms with E-state index in [1.54, 1.807) is 6.20 Å². The van der Waals surface area contributed by atoms with Crippen molar-refractivity contribution in [3.05, 3.63) is 30.1 Å². The second kappa shape index (κ2) is 5.13. The highest BCUT2D eigenvalue weighted by molar-refractivity contribution is 5.73. The van der Waals surface area contributed by atoms with Crippen molar-refractivity contribution < 1.29 is 23.1 Å². The predicted molar refractivity (Wildman–Crippen MR) is 53.3 cm³/mol. The average Bonchev–Trinajstić information content (AvgIpc) is 2.96. The van der Waals surface area contributed by atoms with Gasteiger partial charge < -0.3 is 10.8 Å². The molecule has 0 spiro atoms. The number of nitrogens with two attached hydrogens (primary N) is 1. The largest absolute Gasteiger partial charge is 0.490 e. The third kappa shape index (κ3) is 4.39. The van der Waals surface area contributed by atoms with E-state index in [4.69, 9.17) is 15.6 Å². The minimum Gasteiger partial charge on any atom is -0.475 e. The molecule has 0 amide bonds. The molecule has 1 fully saturated rings. The molecule has 3 N–H and O–H groups in total. The van der Waals surface area contributed by atoms with E-state index in [-0.39, 0.29) is 0 Å². The SMILES string of the molecule is NC1CC1c1cccnc1.O=C(O)C(F)(F)F. The van der Waals surface area contributed by atoms with Crippen molar-refractivity contribution in [3.8, 4) is 0 Å². The summed E-state index contributed by atoms with van der Waals surface area (Å²) in [7, 11) is 0. The van der Waals surface area contributed by atoms with Crippen LogP contribution in [0.2, 0.25) is 0 Å². The van der Waals surface area contributed by atoms with Crippen molar-refractivity contribution in [2.75, 3.05) is 0 Å². The van der Waals surface area contributed by atoms with E-state index in [0.29, 0.717) is 12.0 Å². The fourth-order valence-corrected chi connectivity index (χ4v) is 1.19. The normalized spacial score (nSPS) is 22.4. The summed E-state index contributed by atoms with van der Waals surface area (Å²) in [5.41, 5.74) is 6.96. The molecule has 1 saturated carbocycles. The zero-order valence-corrected chi connectivity index (χ0v) is 8.69. The fourth-order valence-electron chi connectivity index (χ4n) is 1.19. The van der Waals surface area contributed by atoms with Gasteiger partial charge >= 0.3 is 12.1 Å². The summed E-state index contributed by atoms with van der Waals surface area (Å²) in [6, 6.07) is 4.44. The number of hydrogen-bond donors (Lipinski definition) is 2. The van der Waals surface area contributed by atoms with E-state index in [0.717, 1.165) is 6.42 Å². The van der Waals surface area contributed by atoms with Crippen LogP contribution in [-0.4, -0.2) is 28.3 Å². The first kappa shape index (κ1) is 13.4. The van der Waals surface area contributed by atoms with Gasteiger partial charge in [-0.3, -0.25) is 4.98 Å². The summed E-state index contributed by atoms with van der Waals surface area (Å²) in [5, 5.41) is 7.12. The lowest BCUT2D eigenvalue weighted by Crippen LogP contribution is -2.21. The number of pyridine rings is 1. The third-order valence-electron chi connectivity index (χ3n) is 2.19. The smallest absolute Gasteiger partial charge is 0.475 e. The van der Waals surface area contributed by atoms with E-state index in [1.165, 1.54) is 5.56 Å². The lowest BCUT2D eigenvalue weighted by atomic mass is 10.2. The van der Waals surface area contributed by atoms with E-state index in [2.05, 4.69) is 11.1 Å². The second-order valence-electron chi connectivity index (χ2n) is 3.60. The predicted octanol–water partition coefficient (Wildman–Crippen LogP) is 1.53. The van der Waals surface area contributed by atoms with Crippen LogP contribution < -0.4 is 5.73 Å². The van der Waals surface area contributed by atoms with Crippen LogP contribution in [0.25, 0.3) is 0 Å². The van der Waals surface area contributed by atoms with Crippen molar-refractivity contribution in [1.82, 2.24) is 4.98 Å². The van der Waals surface area contributed by atoms with Crippen molar-refractivity contribution in [2.45, 2.75) is 24.6 Å². The maximum Gasteiger partial charge on any atom is 0.490 e. The Morgan fingerprint density at radius 3 is 2.35 bits per heavy atom. The molecule has 1 aromatic rings. The summed E-state index contributed by atoms with van der Waals surface area (Å²) in [4.78, 5) is 12.9. The van der Waals surface area contributed by atoms with Crippen molar-refractivity contribution in [2.24, 2.45) is 5.73 Å². The highest BCUT2D eigenvalue weighted by Gasteiger charge is 2.38. The van der Waals surface area contributed by atoms with E-state index < -0.39 is 12.1 Å². The molecule has 0 saturated heterocycles. The number of aliphatic carboxylic acids is 1. The van der Waals surface area contributed by atoms with Gasteiger partial charge in [-0.25, -0.2) is 4.79 Å². The summed E-state index contributed by atoms with van der Waals surface area (Å²) in [5.74, 6) is -2.17. The maximum atomic E-state index is 10.6. The second-order valence-corrected chi connectivity index (χ2v) is 3.60. The molecular weight excluding hydrogens is 237 g/mol. The van der Waals surface area contributed by atoms with E-state index >= 15 is 0 Å². The summed E-state index contributed by atoms with van der Waals surface area (Å²) < 4.78 is 31.7. The Hall–Kier alpha value is -1.63. The molecule has 0 aliphatic heterocycles. The van der Waals surface area contributed by atoms with Crippen LogP contribution in [0.3, 0.4) is 0 Å². The zero-order chi connectivity index (χ0) is 13.1. The van der Waals surface area contributed by atoms with Gasteiger partial charge in [0, 0.05) is 24.4 Å². The quantitative estimate of drug-likeness (QED) is 0.790. The lowest BCUT2D eigenvalue weighted by molar-refractivity contribution is -0.192. The van der Waals surface area contributed by atoms with Gasteiger partial charge in [0.2, 0.25) is 0 Å². The van der Waals surface area contributed by atoms with E-state index in [9.17, 15) is 13.2 Å². The minimum atomic E-state index is -5.08. The molecular formula is C10H11F3N2O2. The maximum absolute atomic E-state index is 10.6. The van der Waals surface area contributed by atoms with Crippen molar-refractivity contribution in [1.29, 1.82) is 0 Å². The monoisotopic (exact) mass is 248 g/mol. The molecule has 0 bridgehead atoms. The molecule has 1 aliphatic carbocycles. The molecule has 0 aromatic carbocycles. The van der Waals surface area contributed by atoms with Gasteiger partial charge in [-0.05, 0) is 18.1 Å². The molecule has 94 valence electrons. The van der Waals surface area contributed by atoms with Crippen molar-refractivity contribution in [3.63, 3.8) is 0 Å². The van der Waals surface area contributed by atoms with Crippen molar-refractivity contribution >= 4 is 5.97 Å². The molecule has 7 heteroatoms. The van der Waals surface area contributed by atoms with Gasteiger partial charge in [-0.1, -0.05) is 6.07 Å². The van der Waals surface area contributed by atoms with Gasteiger partial charge in [0.05, 0.1) is 0 Å².